The molecule has 0 saturated heterocycles. The van der Waals surface area contributed by atoms with Crippen LogP contribution in [-0.4, -0.2) is 21.4 Å². The Bertz CT molecular complexity index is 630. The third-order valence-corrected chi connectivity index (χ3v) is 2.05. The van der Waals surface area contributed by atoms with Gasteiger partial charge in [0.25, 0.3) is 0 Å². The molecule has 0 saturated carbocycles. The van der Waals surface area contributed by atoms with Gasteiger partial charge in [0.1, 0.15) is 11.4 Å². The van der Waals surface area contributed by atoms with Crippen LogP contribution in [0.1, 0.15) is 17.0 Å². The maximum Gasteiger partial charge on any atom is 0.150 e. The van der Waals surface area contributed by atoms with E-state index in [1.165, 1.54) is 12.1 Å². The Labute approximate surface area is 103 Å². The van der Waals surface area contributed by atoms with Crippen LogP contribution in [0.4, 0.5) is 4.39 Å². The van der Waals surface area contributed by atoms with E-state index in [-0.39, 0.29) is 5.69 Å². The summed E-state index contributed by atoms with van der Waals surface area (Å²) in [5.74, 6) is 5.05. The van der Waals surface area contributed by atoms with Crippen molar-refractivity contribution in [3.05, 3.63) is 59.4 Å². The highest BCUT2D eigenvalue weighted by Gasteiger charge is 2.01. The number of hydrogen-bond donors (Lipinski definition) is 1. The second-order valence-corrected chi connectivity index (χ2v) is 3.30. The number of halogens is 1. The molecule has 0 aliphatic carbocycles. The number of hydrogen-bond acceptors (Lipinski definition) is 4. The summed E-state index contributed by atoms with van der Waals surface area (Å²) in [7, 11) is 0. The summed E-state index contributed by atoms with van der Waals surface area (Å²) >= 11 is 0. The van der Waals surface area contributed by atoms with Gasteiger partial charge in [0.15, 0.2) is 5.82 Å². The topological polar surface area (TPSA) is 58.4 Å². The molecule has 2 heterocycles. The van der Waals surface area contributed by atoms with Crippen molar-refractivity contribution in [1.82, 2.24) is 9.97 Å². The molecule has 0 atom stereocenters. The zero-order valence-electron chi connectivity index (χ0n) is 9.21. The third kappa shape index (κ3) is 2.89. The average molecular weight is 241 g/mol. The summed E-state index contributed by atoms with van der Waals surface area (Å²) < 4.78 is 13.2. The van der Waals surface area contributed by atoms with Gasteiger partial charge in [-0.1, -0.05) is 11.1 Å². The summed E-state index contributed by atoms with van der Waals surface area (Å²) in [5.41, 5.74) is 1.06. The Hall–Kier alpha value is -2.74. The molecule has 1 N–H and O–H groups in total. The highest BCUT2D eigenvalue weighted by molar-refractivity contribution is 5.76. The molecule has 18 heavy (non-hydrogen) atoms. The number of nitrogens with zero attached hydrogens (tertiary/aromatic N) is 3. The van der Waals surface area contributed by atoms with E-state index in [2.05, 4.69) is 27.0 Å². The average Bonchev–Trinajstić information content (AvgIpc) is 2.41. The summed E-state index contributed by atoms with van der Waals surface area (Å²) in [6.07, 6.45) is 4.19. The van der Waals surface area contributed by atoms with Crippen LogP contribution in [0.5, 0.6) is 0 Å². The lowest BCUT2D eigenvalue weighted by atomic mass is 10.2. The van der Waals surface area contributed by atoms with Crippen molar-refractivity contribution in [3.8, 4) is 11.8 Å². The van der Waals surface area contributed by atoms with E-state index in [1.807, 2.05) is 0 Å². The molecule has 88 valence electrons. The zero-order chi connectivity index (χ0) is 12.8. The van der Waals surface area contributed by atoms with E-state index in [9.17, 15) is 4.39 Å². The fraction of sp³-hybridized carbons (Fsp3) is 0. The van der Waals surface area contributed by atoms with E-state index in [0.29, 0.717) is 5.69 Å². The van der Waals surface area contributed by atoms with Gasteiger partial charge < -0.3 is 5.21 Å². The van der Waals surface area contributed by atoms with Crippen LogP contribution in [0.2, 0.25) is 0 Å². The zero-order valence-corrected chi connectivity index (χ0v) is 9.21. The molecular formula is C13H8FN3O. The largest absolute Gasteiger partial charge is 0.411 e. The first-order chi connectivity index (χ1) is 8.79. The second kappa shape index (κ2) is 5.55. The summed E-state index contributed by atoms with van der Waals surface area (Å²) in [6, 6.07) is 6.25. The minimum Gasteiger partial charge on any atom is -0.411 e. The van der Waals surface area contributed by atoms with Gasteiger partial charge in [0, 0.05) is 18.0 Å². The molecule has 0 fully saturated rings. The summed E-state index contributed by atoms with van der Waals surface area (Å²) in [4.78, 5) is 7.82. The van der Waals surface area contributed by atoms with Crippen LogP contribution in [0.15, 0.2) is 41.8 Å². The third-order valence-electron chi connectivity index (χ3n) is 2.05. The quantitative estimate of drug-likeness (QED) is 0.358. The maximum atomic E-state index is 13.2. The monoisotopic (exact) mass is 241 g/mol. The van der Waals surface area contributed by atoms with Crippen molar-refractivity contribution in [1.29, 1.82) is 0 Å². The van der Waals surface area contributed by atoms with Crippen LogP contribution >= 0.6 is 0 Å². The number of oxime groups is 1. The standard InChI is InChI=1S/C13H8FN3O/c14-12-6-5-11(17-13(12)9-16-18)4-3-10-2-1-7-15-8-10/h1-2,5-9,18H. The fourth-order valence-corrected chi connectivity index (χ4v) is 1.25. The molecule has 0 unspecified atom stereocenters. The lowest BCUT2D eigenvalue weighted by molar-refractivity contribution is 0.321. The first-order valence-electron chi connectivity index (χ1n) is 5.05. The van der Waals surface area contributed by atoms with Crippen molar-refractivity contribution in [2.45, 2.75) is 0 Å². The molecular weight excluding hydrogens is 233 g/mol. The van der Waals surface area contributed by atoms with Crippen LogP contribution < -0.4 is 0 Å². The maximum absolute atomic E-state index is 13.2. The van der Waals surface area contributed by atoms with Gasteiger partial charge in [0.05, 0.1) is 6.21 Å². The molecule has 4 nitrogen and oxygen atoms in total. The molecule has 0 radical (unpaired) electrons. The molecule has 5 heteroatoms. The van der Waals surface area contributed by atoms with Gasteiger partial charge in [0.2, 0.25) is 0 Å². The van der Waals surface area contributed by atoms with Crippen molar-refractivity contribution < 1.29 is 9.60 Å². The summed E-state index contributed by atoms with van der Waals surface area (Å²) in [6.45, 7) is 0. The number of rotatable bonds is 1. The summed E-state index contributed by atoms with van der Waals surface area (Å²) in [5, 5.41) is 11.1. The van der Waals surface area contributed by atoms with E-state index >= 15 is 0 Å². The Morgan fingerprint density at radius 3 is 2.89 bits per heavy atom. The molecule has 0 aliphatic rings. The molecule has 0 bridgehead atoms. The van der Waals surface area contributed by atoms with Crippen molar-refractivity contribution >= 4 is 6.21 Å². The fourth-order valence-electron chi connectivity index (χ4n) is 1.25. The van der Waals surface area contributed by atoms with Gasteiger partial charge >= 0.3 is 0 Å². The molecule has 0 aromatic carbocycles. The van der Waals surface area contributed by atoms with Crippen LogP contribution in [0.25, 0.3) is 0 Å². The van der Waals surface area contributed by atoms with E-state index in [4.69, 9.17) is 5.21 Å². The normalized spacial score (nSPS) is 10.1. The minimum atomic E-state index is -0.570. The van der Waals surface area contributed by atoms with Crippen LogP contribution in [-0.2, 0) is 0 Å². The number of aromatic nitrogens is 2. The van der Waals surface area contributed by atoms with Gasteiger partial charge in [-0.25, -0.2) is 9.37 Å². The number of pyridine rings is 2. The Balaban J connectivity index is 2.31. The van der Waals surface area contributed by atoms with E-state index < -0.39 is 5.82 Å². The van der Waals surface area contributed by atoms with Crippen molar-refractivity contribution in [3.63, 3.8) is 0 Å². The van der Waals surface area contributed by atoms with Crippen molar-refractivity contribution in [2.24, 2.45) is 5.16 Å². The van der Waals surface area contributed by atoms with Crippen LogP contribution in [0.3, 0.4) is 0 Å². The molecule has 2 rings (SSSR count). The SMILES string of the molecule is ON=Cc1nc(C#Cc2cccnc2)ccc1F. The predicted octanol–water partition coefficient (Wildman–Crippen LogP) is 1.82. The molecule has 0 amide bonds. The first-order valence-corrected chi connectivity index (χ1v) is 5.05. The molecule has 0 aliphatic heterocycles. The first kappa shape index (κ1) is 11.7. The molecule has 2 aromatic heterocycles. The Kier molecular flexibility index (Phi) is 3.62. The molecule has 0 spiro atoms. The van der Waals surface area contributed by atoms with Gasteiger partial charge in [-0.15, -0.1) is 0 Å². The van der Waals surface area contributed by atoms with Gasteiger partial charge in [-0.05, 0) is 30.2 Å². The van der Waals surface area contributed by atoms with E-state index in [0.717, 1.165) is 11.8 Å². The Morgan fingerprint density at radius 2 is 2.17 bits per heavy atom. The lowest BCUT2D eigenvalue weighted by Crippen LogP contribution is -1.95. The lowest BCUT2D eigenvalue weighted by Gasteiger charge is -1.95. The highest BCUT2D eigenvalue weighted by atomic mass is 19.1. The van der Waals surface area contributed by atoms with Gasteiger partial charge in [-0.3, -0.25) is 4.98 Å². The minimum absolute atomic E-state index is 0.0597. The van der Waals surface area contributed by atoms with E-state index in [1.54, 1.807) is 24.5 Å². The van der Waals surface area contributed by atoms with Gasteiger partial charge in [-0.2, -0.15) is 0 Å². The Morgan fingerprint density at radius 1 is 1.28 bits per heavy atom. The predicted molar refractivity (Wildman–Crippen MR) is 63.8 cm³/mol. The smallest absolute Gasteiger partial charge is 0.150 e. The highest BCUT2D eigenvalue weighted by Crippen LogP contribution is 2.03. The van der Waals surface area contributed by atoms with Crippen LogP contribution in [0, 0.1) is 17.7 Å². The molecule has 2 aromatic rings. The van der Waals surface area contributed by atoms with Crippen molar-refractivity contribution in [2.75, 3.05) is 0 Å². The second-order valence-electron chi connectivity index (χ2n) is 3.30.